The van der Waals surface area contributed by atoms with Gasteiger partial charge in [-0.05, 0) is 7.05 Å². The van der Waals surface area contributed by atoms with Gasteiger partial charge in [-0.25, -0.2) is 0 Å². The molecule has 1 atom stereocenters. The summed E-state index contributed by atoms with van der Waals surface area (Å²) < 4.78 is 0. The SMILES string of the molecule is CC.CNP.c1ccccc1. The Balaban J connectivity index is 0. The highest BCUT2D eigenvalue weighted by Crippen LogP contribution is 1.79. The van der Waals surface area contributed by atoms with E-state index in [1.54, 1.807) is 0 Å². The van der Waals surface area contributed by atoms with Crippen LogP contribution in [0.25, 0.3) is 0 Å². The Labute approximate surface area is 72.5 Å². The Kier molecular flexibility index (Phi) is 19.6. The molecule has 0 aromatic heterocycles. The summed E-state index contributed by atoms with van der Waals surface area (Å²) in [5.41, 5.74) is 0. The average Bonchev–Trinajstić information content (AvgIpc) is 2.12. The second-order valence-corrected chi connectivity index (χ2v) is 2.02. The Bertz CT molecular complexity index is 92.4. The molecule has 0 aliphatic rings. The molecule has 2 heteroatoms. The van der Waals surface area contributed by atoms with Gasteiger partial charge in [-0.3, -0.25) is 0 Å². The highest BCUT2D eigenvalue weighted by molar-refractivity contribution is 7.13. The largest absolute Gasteiger partial charge is 0.304 e. The molecule has 1 unspecified atom stereocenters. The lowest BCUT2D eigenvalue weighted by molar-refractivity contribution is 1.30. The van der Waals surface area contributed by atoms with Crippen LogP contribution in [0.15, 0.2) is 36.4 Å². The summed E-state index contributed by atoms with van der Waals surface area (Å²) in [4.78, 5) is 0. The van der Waals surface area contributed by atoms with Gasteiger partial charge in [0.25, 0.3) is 0 Å². The first-order valence-electron chi connectivity index (χ1n) is 3.79. The third kappa shape index (κ3) is 17.7. The highest BCUT2D eigenvalue weighted by atomic mass is 31.0. The van der Waals surface area contributed by atoms with E-state index in [1.807, 2.05) is 57.3 Å². The lowest BCUT2D eigenvalue weighted by atomic mass is 10.4. The van der Waals surface area contributed by atoms with Crippen molar-refractivity contribution in [2.75, 3.05) is 7.05 Å². The maximum Gasteiger partial charge on any atom is -0.0130 e. The molecule has 0 radical (unpaired) electrons. The Morgan fingerprint density at radius 3 is 1.00 bits per heavy atom. The van der Waals surface area contributed by atoms with E-state index < -0.39 is 0 Å². The first-order chi connectivity index (χ1) is 5.41. The van der Waals surface area contributed by atoms with Crippen molar-refractivity contribution in [2.45, 2.75) is 13.8 Å². The van der Waals surface area contributed by atoms with E-state index in [0.717, 1.165) is 0 Å². The molecule has 1 nitrogen and oxygen atoms in total. The third-order valence-corrected chi connectivity index (χ3v) is 0.667. The Hall–Kier alpha value is -0.390. The van der Waals surface area contributed by atoms with Crippen LogP contribution < -0.4 is 5.09 Å². The normalized spacial score (nSPS) is 6.55. The highest BCUT2D eigenvalue weighted by Gasteiger charge is 1.57. The first-order valence-corrected chi connectivity index (χ1v) is 4.37. The van der Waals surface area contributed by atoms with Crippen molar-refractivity contribution in [1.82, 2.24) is 5.09 Å². The fourth-order valence-electron chi connectivity index (χ4n) is 0.385. The van der Waals surface area contributed by atoms with Crippen molar-refractivity contribution >= 4 is 9.39 Å². The van der Waals surface area contributed by atoms with Crippen molar-refractivity contribution in [1.29, 1.82) is 0 Å². The lowest BCUT2D eigenvalue weighted by Gasteiger charge is -1.69. The Morgan fingerprint density at radius 2 is 0.909 bits per heavy atom. The van der Waals surface area contributed by atoms with Crippen LogP contribution in [0.2, 0.25) is 0 Å². The molecule has 0 fully saturated rings. The third-order valence-electron chi connectivity index (χ3n) is 0.667. The maximum absolute atomic E-state index is 2.67. The summed E-state index contributed by atoms with van der Waals surface area (Å²) in [7, 11) is 4.17. The minimum absolute atomic E-state index is 1.84. The summed E-state index contributed by atoms with van der Waals surface area (Å²) in [5.74, 6) is 0. The second kappa shape index (κ2) is 16.3. The van der Waals surface area contributed by atoms with Crippen LogP contribution in [0, 0.1) is 0 Å². The molecule has 64 valence electrons. The van der Waals surface area contributed by atoms with E-state index in [1.165, 1.54) is 0 Å². The minimum Gasteiger partial charge on any atom is -0.304 e. The molecule has 0 spiro atoms. The average molecular weight is 171 g/mol. The first kappa shape index (κ1) is 13.2. The van der Waals surface area contributed by atoms with E-state index >= 15 is 0 Å². The molecule has 0 amide bonds. The summed E-state index contributed by atoms with van der Waals surface area (Å²) in [6.45, 7) is 4.00. The molecule has 0 aliphatic carbocycles. The molecule has 1 aromatic rings. The quantitative estimate of drug-likeness (QED) is 0.592. The van der Waals surface area contributed by atoms with Gasteiger partial charge in [0, 0.05) is 0 Å². The number of hydrogen-bond acceptors (Lipinski definition) is 1. The number of rotatable bonds is 0. The fraction of sp³-hybridized carbons (Fsp3) is 0.333. The summed E-state index contributed by atoms with van der Waals surface area (Å²) in [5, 5.41) is 2.67. The van der Waals surface area contributed by atoms with E-state index in [-0.39, 0.29) is 0 Å². The van der Waals surface area contributed by atoms with E-state index in [0.29, 0.717) is 0 Å². The predicted molar refractivity (Wildman–Crippen MR) is 56.6 cm³/mol. The lowest BCUT2D eigenvalue weighted by Crippen LogP contribution is -1.74. The smallest absolute Gasteiger partial charge is 0.0130 e. The topological polar surface area (TPSA) is 12.0 Å². The van der Waals surface area contributed by atoms with Crippen molar-refractivity contribution in [3.05, 3.63) is 36.4 Å². The molecule has 0 bridgehead atoms. The van der Waals surface area contributed by atoms with Crippen LogP contribution >= 0.6 is 9.39 Å². The molecule has 0 saturated carbocycles. The van der Waals surface area contributed by atoms with Gasteiger partial charge < -0.3 is 5.09 Å². The van der Waals surface area contributed by atoms with Gasteiger partial charge in [-0.1, -0.05) is 59.6 Å². The van der Waals surface area contributed by atoms with Crippen LogP contribution in [0.4, 0.5) is 0 Å². The zero-order valence-corrected chi connectivity index (χ0v) is 8.70. The molecule has 0 aliphatic heterocycles. The van der Waals surface area contributed by atoms with Gasteiger partial charge in [-0.15, -0.1) is 0 Å². The van der Waals surface area contributed by atoms with Crippen LogP contribution in [0.5, 0.6) is 0 Å². The number of nitrogens with one attached hydrogen (secondary N) is 1. The fourth-order valence-corrected chi connectivity index (χ4v) is 0.385. The zero-order valence-electron chi connectivity index (χ0n) is 7.54. The molecule has 1 N–H and O–H groups in total. The van der Waals surface area contributed by atoms with Gasteiger partial charge in [0.05, 0.1) is 0 Å². The van der Waals surface area contributed by atoms with Crippen LogP contribution in [0.1, 0.15) is 13.8 Å². The number of benzene rings is 1. The molecule has 0 heterocycles. The molecule has 1 rings (SSSR count). The number of hydrogen-bond donors (Lipinski definition) is 1. The monoisotopic (exact) mass is 171 g/mol. The summed E-state index contributed by atoms with van der Waals surface area (Å²) >= 11 is 0. The molecule has 11 heavy (non-hydrogen) atoms. The van der Waals surface area contributed by atoms with Gasteiger partial charge in [0.1, 0.15) is 0 Å². The Morgan fingerprint density at radius 1 is 0.818 bits per heavy atom. The molecular weight excluding hydrogens is 153 g/mol. The van der Waals surface area contributed by atoms with Gasteiger partial charge in [0.15, 0.2) is 0 Å². The summed E-state index contributed by atoms with van der Waals surface area (Å²) in [6, 6.07) is 12.0. The second-order valence-electron chi connectivity index (χ2n) is 1.44. The van der Waals surface area contributed by atoms with Crippen molar-refractivity contribution in [3.63, 3.8) is 0 Å². The van der Waals surface area contributed by atoms with Crippen LogP contribution in [-0.4, -0.2) is 7.05 Å². The maximum atomic E-state index is 2.67. The molecule has 1 aromatic carbocycles. The predicted octanol–water partition coefficient (Wildman–Crippen LogP) is 2.71. The molecule has 0 saturated heterocycles. The van der Waals surface area contributed by atoms with Gasteiger partial charge in [-0.2, -0.15) is 0 Å². The van der Waals surface area contributed by atoms with Crippen molar-refractivity contribution < 1.29 is 0 Å². The van der Waals surface area contributed by atoms with Crippen LogP contribution in [-0.2, 0) is 0 Å². The van der Waals surface area contributed by atoms with Gasteiger partial charge >= 0.3 is 0 Å². The van der Waals surface area contributed by atoms with Crippen LogP contribution in [0.3, 0.4) is 0 Å². The zero-order chi connectivity index (χ0) is 8.95. The minimum atomic E-state index is 1.84. The summed E-state index contributed by atoms with van der Waals surface area (Å²) in [6.07, 6.45) is 0. The van der Waals surface area contributed by atoms with E-state index in [9.17, 15) is 0 Å². The van der Waals surface area contributed by atoms with Crippen molar-refractivity contribution in [2.24, 2.45) is 0 Å². The standard InChI is InChI=1S/C6H6.C2H6.CH6NP/c1-2-4-6-5-3-1;1-2;1-2-3/h1-6H;1-2H3;2H,3H2,1H3. The van der Waals surface area contributed by atoms with Gasteiger partial charge in [0.2, 0.25) is 0 Å². The van der Waals surface area contributed by atoms with E-state index in [2.05, 4.69) is 14.5 Å². The molecular formula is C9H18NP. The van der Waals surface area contributed by atoms with E-state index in [4.69, 9.17) is 0 Å². The van der Waals surface area contributed by atoms with Crippen molar-refractivity contribution in [3.8, 4) is 0 Å².